The van der Waals surface area contributed by atoms with Crippen LogP contribution in [0.3, 0.4) is 0 Å². The molecule has 9 unspecified atom stereocenters. The Labute approximate surface area is 479 Å². The smallest absolute Gasteiger partial charge is 0.249 e. The molecule has 0 spiro atoms. The van der Waals surface area contributed by atoms with E-state index in [1.165, 1.54) is 225 Å². The molecule has 9 atom stereocenters. The largest absolute Gasteiger partial charge is 0.394 e. The van der Waals surface area contributed by atoms with E-state index in [0.29, 0.717) is 12.8 Å². The van der Waals surface area contributed by atoms with Crippen LogP contribution in [0.5, 0.6) is 0 Å². The fourth-order valence-corrected chi connectivity index (χ4v) is 10.8. The van der Waals surface area contributed by atoms with Crippen LogP contribution in [-0.2, 0) is 14.3 Å². The standard InChI is InChI=1S/C67H127NO10/c1-3-5-7-9-11-13-15-17-19-21-23-25-26-27-28-29-30-31-32-33-34-35-37-38-40-42-44-46-48-50-52-54-59(70)62(72)58(57-77-67-65(75)64(74)63(73)61(56-69)78-67)68-66(76)60(71)55-53-51-49-47-45-43-41-39-36-24-22-20-18-16-14-12-10-8-6-4-2/h6,8,12,14,46,48,58-65,67,69-75H,3-5,7,9-11,13,15-45,47,49-57H2,1-2H3,(H,68,76)/b8-6-,14-12-,48-46+. The van der Waals surface area contributed by atoms with Gasteiger partial charge in [0.25, 0.3) is 0 Å². The summed E-state index contributed by atoms with van der Waals surface area (Å²) in [6, 6.07) is -1.19. The van der Waals surface area contributed by atoms with Crippen molar-refractivity contribution in [2.45, 2.75) is 371 Å². The van der Waals surface area contributed by atoms with Crippen molar-refractivity contribution in [3.63, 3.8) is 0 Å². The quantitative estimate of drug-likeness (QED) is 0.0215. The van der Waals surface area contributed by atoms with Crippen LogP contribution in [0.4, 0.5) is 0 Å². The zero-order valence-corrected chi connectivity index (χ0v) is 50.7. The molecule has 0 aliphatic carbocycles. The summed E-state index contributed by atoms with van der Waals surface area (Å²) in [7, 11) is 0. The van der Waals surface area contributed by atoms with Crippen molar-refractivity contribution >= 4 is 5.91 Å². The highest BCUT2D eigenvalue weighted by molar-refractivity contribution is 5.80. The molecule has 460 valence electrons. The first kappa shape index (κ1) is 74.3. The van der Waals surface area contributed by atoms with Gasteiger partial charge in [-0.3, -0.25) is 4.79 Å². The Bertz CT molecular complexity index is 1360. The van der Waals surface area contributed by atoms with Crippen LogP contribution in [0.25, 0.3) is 0 Å². The SMILES string of the molecule is CC/C=C\C/C=C\CCCCCCCCCCCCCCCC(O)C(=O)NC(COC1OC(CO)C(O)C(O)C1O)C(O)C(O)CCC/C=C/CCCCCCCCCCCCCCCCCCCCCCCCCCCC. The summed E-state index contributed by atoms with van der Waals surface area (Å²) in [5.41, 5.74) is 0. The molecule has 1 rings (SSSR count). The number of carbonyl (C=O) groups excluding carboxylic acids is 1. The van der Waals surface area contributed by atoms with Gasteiger partial charge in [0.2, 0.25) is 5.91 Å². The van der Waals surface area contributed by atoms with E-state index in [1.54, 1.807) is 0 Å². The maximum absolute atomic E-state index is 13.2. The number of allylic oxidation sites excluding steroid dienone is 6. The van der Waals surface area contributed by atoms with E-state index in [9.17, 15) is 40.5 Å². The Morgan fingerprint density at radius 3 is 1.24 bits per heavy atom. The molecule has 11 heteroatoms. The molecule has 1 saturated heterocycles. The minimum absolute atomic E-state index is 0.253. The van der Waals surface area contributed by atoms with Crippen molar-refractivity contribution in [2.75, 3.05) is 13.2 Å². The lowest BCUT2D eigenvalue weighted by Gasteiger charge is -2.40. The van der Waals surface area contributed by atoms with Crippen molar-refractivity contribution < 1.29 is 50.0 Å². The number of unbranched alkanes of at least 4 members (excludes halogenated alkanes) is 40. The summed E-state index contributed by atoms with van der Waals surface area (Å²) < 4.78 is 11.2. The minimum atomic E-state index is -1.67. The maximum atomic E-state index is 13.2. The summed E-state index contributed by atoms with van der Waals surface area (Å²) in [5.74, 6) is -0.704. The molecule has 1 amide bonds. The summed E-state index contributed by atoms with van der Waals surface area (Å²) in [4.78, 5) is 13.2. The molecule has 0 saturated carbocycles. The topological polar surface area (TPSA) is 189 Å². The monoisotopic (exact) mass is 1110 g/mol. The molecule has 0 radical (unpaired) electrons. The first-order valence-electron chi connectivity index (χ1n) is 33.4. The molecular formula is C67H127NO10. The zero-order chi connectivity index (χ0) is 56.8. The lowest BCUT2D eigenvalue weighted by molar-refractivity contribution is -0.303. The summed E-state index contributed by atoms with van der Waals surface area (Å²) in [5, 5.41) is 76.4. The number of hydrogen-bond acceptors (Lipinski definition) is 10. The number of aliphatic hydroxyl groups excluding tert-OH is 7. The third-order valence-electron chi connectivity index (χ3n) is 16.2. The van der Waals surface area contributed by atoms with E-state index in [1.807, 2.05) is 0 Å². The third kappa shape index (κ3) is 43.1. The van der Waals surface area contributed by atoms with E-state index < -0.39 is 74.2 Å². The first-order valence-corrected chi connectivity index (χ1v) is 33.4. The highest BCUT2D eigenvalue weighted by Crippen LogP contribution is 2.24. The number of ether oxygens (including phenoxy) is 2. The second-order valence-corrected chi connectivity index (χ2v) is 23.5. The Balaban J connectivity index is 2.22. The fraction of sp³-hybridized carbons (Fsp3) is 0.896. The highest BCUT2D eigenvalue weighted by atomic mass is 16.7. The Morgan fingerprint density at radius 1 is 0.462 bits per heavy atom. The number of rotatable bonds is 58. The molecule has 8 N–H and O–H groups in total. The average molecular weight is 1110 g/mol. The molecule has 0 aromatic carbocycles. The molecule has 1 heterocycles. The van der Waals surface area contributed by atoms with E-state index >= 15 is 0 Å². The van der Waals surface area contributed by atoms with Crippen molar-refractivity contribution in [2.24, 2.45) is 0 Å². The average Bonchev–Trinajstić information content (AvgIpc) is 3.46. The van der Waals surface area contributed by atoms with E-state index in [-0.39, 0.29) is 12.8 Å². The van der Waals surface area contributed by atoms with Gasteiger partial charge in [0.05, 0.1) is 25.4 Å². The van der Waals surface area contributed by atoms with Crippen molar-refractivity contribution in [1.82, 2.24) is 5.32 Å². The van der Waals surface area contributed by atoms with Crippen molar-refractivity contribution in [3.8, 4) is 0 Å². The predicted molar refractivity (Wildman–Crippen MR) is 325 cm³/mol. The second kappa shape index (κ2) is 55.8. The van der Waals surface area contributed by atoms with Gasteiger partial charge in [-0.05, 0) is 64.2 Å². The molecule has 1 aliphatic rings. The van der Waals surface area contributed by atoms with E-state index in [2.05, 4.69) is 55.6 Å². The molecule has 0 bridgehead atoms. The van der Waals surface area contributed by atoms with Crippen molar-refractivity contribution in [1.29, 1.82) is 0 Å². The molecule has 78 heavy (non-hydrogen) atoms. The van der Waals surface area contributed by atoms with Gasteiger partial charge >= 0.3 is 0 Å². The molecular weight excluding hydrogens is 979 g/mol. The van der Waals surface area contributed by atoms with Gasteiger partial charge in [0, 0.05) is 0 Å². The molecule has 0 aromatic rings. The number of aliphatic hydroxyl groups is 7. The number of hydrogen-bond donors (Lipinski definition) is 8. The van der Waals surface area contributed by atoms with E-state index in [4.69, 9.17) is 9.47 Å². The van der Waals surface area contributed by atoms with Gasteiger partial charge in [0.1, 0.15) is 36.6 Å². The highest BCUT2D eigenvalue weighted by Gasteiger charge is 2.44. The summed E-state index contributed by atoms with van der Waals surface area (Å²) >= 11 is 0. The van der Waals surface area contributed by atoms with Crippen molar-refractivity contribution in [3.05, 3.63) is 36.5 Å². The number of nitrogens with one attached hydrogen (secondary N) is 1. The molecule has 11 nitrogen and oxygen atoms in total. The van der Waals surface area contributed by atoms with Crippen LogP contribution in [0.15, 0.2) is 36.5 Å². The van der Waals surface area contributed by atoms with Crippen LogP contribution in [0.2, 0.25) is 0 Å². The number of amides is 1. The molecule has 1 aliphatic heterocycles. The van der Waals surface area contributed by atoms with Gasteiger partial charge in [-0.15, -0.1) is 0 Å². The minimum Gasteiger partial charge on any atom is -0.394 e. The third-order valence-corrected chi connectivity index (χ3v) is 16.2. The fourth-order valence-electron chi connectivity index (χ4n) is 10.8. The van der Waals surface area contributed by atoms with Crippen LogP contribution in [0.1, 0.15) is 316 Å². The maximum Gasteiger partial charge on any atom is 0.249 e. The summed E-state index contributed by atoms with van der Waals surface area (Å²) in [6.07, 6.45) is 59.4. The lowest BCUT2D eigenvalue weighted by Crippen LogP contribution is -2.60. The molecule has 1 fully saturated rings. The zero-order valence-electron chi connectivity index (χ0n) is 50.7. The summed E-state index contributed by atoms with van der Waals surface area (Å²) in [6.45, 7) is 3.38. The number of carbonyl (C=O) groups is 1. The van der Waals surface area contributed by atoms with Crippen LogP contribution >= 0.6 is 0 Å². The Hall–Kier alpha value is -1.67. The van der Waals surface area contributed by atoms with Crippen LogP contribution < -0.4 is 5.32 Å². The lowest BCUT2D eigenvalue weighted by atomic mass is 9.98. The first-order chi connectivity index (χ1) is 38.2. The van der Waals surface area contributed by atoms with Crippen LogP contribution in [0, 0.1) is 0 Å². The van der Waals surface area contributed by atoms with Gasteiger partial charge < -0.3 is 50.5 Å². The second-order valence-electron chi connectivity index (χ2n) is 23.5. The van der Waals surface area contributed by atoms with Crippen LogP contribution in [-0.4, -0.2) is 110 Å². The predicted octanol–water partition coefficient (Wildman–Crippen LogP) is 15.4. The molecule has 0 aromatic heterocycles. The Morgan fingerprint density at radius 2 is 0.833 bits per heavy atom. The van der Waals surface area contributed by atoms with Gasteiger partial charge in [0.15, 0.2) is 6.29 Å². The Kier molecular flexibility index (Phi) is 53.2. The van der Waals surface area contributed by atoms with Gasteiger partial charge in [-0.25, -0.2) is 0 Å². The normalized spacial score (nSPS) is 19.6. The van der Waals surface area contributed by atoms with Gasteiger partial charge in [-0.2, -0.15) is 0 Å². The van der Waals surface area contributed by atoms with E-state index in [0.717, 1.165) is 51.4 Å². The van der Waals surface area contributed by atoms with Gasteiger partial charge in [-0.1, -0.05) is 288 Å².